The number of nitrogens with one attached hydrogen (secondary N) is 1. The molecule has 0 aromatic carbocycles. The first kappa shape index (κ1) is 15.5. The van der Waals surface area contributed by atoms with Crippen molar-refractivity contribution in [1.29, 1.82) is 0 Å². The summed E-state index contributed by atoms with van der Waals surface area (Å²) in [5.74, 6) is 1.34. The van der Waals surface area contributed by atoms with Gasteiger partial charge in [0, 0.05) is 24.2 Å². The topological polar surface area (TPSA) is 80.2 Å². The van der Waals surface area contributed by atoms with Crippen molar-refractivity contribution in [3.8, 4) is 0 Å². The number of rotatable bonds is 4. The molecule has 0 radical (unpaired) electrons. The molecule has 7 nitrogen and oxygen atoms in total. The number of carbonyl (C=O) groups excluding carboxylic acids is 1. The minimum absolute atomic E-state index is 0.0921. The van der Waals surface area contributed by atoms with Crippen molar-refractivity contribution < 1.29 is 9.53 Å². The molecule has 0 spiro atoms. The van der Waals surface area contributed by atoms with Crippen molar-refractivity contribution in [2.45, 2.75) is 31.3 Å². The van der Waals surface area contributed by atoms with Gasteiger partial charge in [0.25, 0.3) is 5.91 Å². The number of hydrogen-bond acceptors (Lipinski definition) is 7. The van der Waals surface area contributed by atoms with E-state index in [-0.39, 0.29) is 11.9 Å². The Morgan fingerprint density at radius 2 is 2.29 bits per heavy atom. The van der Waals surface area contributed by atoms with E-state index in [9.17, 15) is 4.79 Å². The first-order valence-corrected chi connectivity index (χ1v) is 9.12. The van der Waals surface area contributed by atoms with Crippen molar-refractivity contribution in [3.05, 3.63) is 34.7 Å². The van der Waals surface area contributed by atoms with Gasteiger partial charge in [-0.2, -0.15) is 0 Å². The van der Waals surface area contributed by atoms with E-state index in [0.29, 0.717) is 37.3 Å². The number of carbonyl (C=O) groups is 1. The summed E-state index contributed by atoms with van der Waals surface area (Å²) in [5, 5.41) is 5.19. The van der Waals surface area contributed by atoms with Gasteiger partial charge < -0.3 is 15.0 Å². The summed E-state index contributed by atoms with van der Waals surface area (Å²) >= 11 is 1.42. The van der Waals surface area contributed by atoms with E-state index in [4.69, 9.17) is 4.74 Å². The van der Waals surface area contributed by atoms with Gasteiger partial charge in [-0.1, -0.05) is 0 Å². The quantitative estimate of drug-likeness (QED) is 0.914. The zero-order valence-electron chi connectivity index (χ0n) is 13.2. The highest BCUT2D eigenvalue weighted by Gasteiger charge is 2.32. The third-order valence-corrected chi connectivity index (χ3v) is 5.06. The molecule has 1 N–H and O–H groups in total. The van der Waals surface area contributed by atoms with Crippen LogP contribution in [0.2, 0.25) is 0 Å². The third-order valence-electron chi connectivity index (χ3n) is 4.47. The van der Waals surface area contributed by atoms with Crippen molar-refractivity contribution in [1.82, 2.24) is 19.9 Å². The van der Waals surface area contributed by atoms with Crippen LogP contribution in [-0.4, -0.2) is 51.6 Å². The molecule has 1 amide bonds. The lowest BCUT2D eigenvalue weighted by Crippen LogP contribution is -2.44. The molecule has 2 aromatic rings. The molecule has 8 heteroatoms. The lowest BCUT2D eigenvalue weighted by atomic mass is 9.93. The molecule has 1 aliphatic carbocycles. The van der Waals surface area contributed by atoms with Crippen LogP contribution in [0, 0.1) is 0 Å². The van der Waals surface area contributed by atoms with E-state index >= 15 is 0 Å². The summed E-state index contributed by atoms with van der Waals surface area (Å²) in [4.78, 5) is 27.6. The Morgan fingerprint density at radius 1 is 1.38 bits per heavy atom. The highest BCUT2D eigenvalue weighted by molar-refractivity contribution is 7.07. The van der Waals surface area contributed by atoms with Gasteiger partial charge >= 0.3 is 0 Å². The van der Waals surface area contributed by atoms with Crippen LogP contribution in [0.25, 0.3) is 0 Å². The van der Waals surface area contributed by atoms with E-state index < -0.39 is 0 Å². The summed E-state index contributed by atoms with van der Waals surface area (Å²) in [6, 6.07) is 2.09. The van der Waals surface area contributed by atoms with Gasteiger partial charge in [-0.05, 0) is 25.3 Å². The van der Waals surface area contributed by atoms with Crippen LogP contribution >= 0.6 is 11.3 Å². The number of nitrogens with zero attached hydrogens (tertiary/aromatic N) is 4. The van der Waals surface area contributed by atoms with Crippen LogP contribution < -0.4 is 5.32 Å². The number of morpholine rings is 1. The highest BCUT2D eigenvalue weighted by atomic mass is 32.1. The Morgan fingerprint density at radius 3 is 3.04 bits per heavy atom. The van der Waals surface area contributed by atoms with Crippen LogP contribution in [0.4, 0.5) is 5.82 Å². The molecule has 0 bridgehead atoms. The summed E-state index contributed by atoms with van der Waals surface area (Å²) in [6.07, 6.45) is 5.37. The van der Waals surface area contributed by atoms with Crippen molar-refractivity contribution >= 4 is 23.1 Å². The van der Waals surface area contributed by atoms with Gasteiger partial charge in [0.15, 0.2) is 5.82 Å². The molecule has 1 atom stereocenters. The number of thiazole rings is 1. The maximum Gasteiger partial charge on any atom is 0.274 e. The zero-order valence-corrected chi connectivity index (χ0v) is 14.0. The second-order valence-corrected chi connectivity index (χ2v) is 6.75. The molecule has 2 aromatic heterocycles. The maximum absolute atomic E-state index is 12.7. The SMILES string of the molecule is O=C(c1cscn1)N1CCOCC1c1nccc(NC2CCC2)n1. The van der Waals surface area contributed by atoms with E-state index in [1.165, 1.54) is 30.6 Å². The second kappa shape index (κ2) is 6.82. The smallest absolute Gasteiger partial charge is 0.274 e. The normalized spacial score (nSPS) is 21.3. The molecular formula is C16H19N5O2S. The van der Waals surface area contributed by atoms with Gasteiger partial charge in [0.1, 0.15) is 17.6 Å². The fourth-order valence-electron chi connectivity index (χ4n) is 2.90. The van der Waals surface area contributed by atoms with Crippen LogP contribution in [0.3, 0.4) is 0 Å². The molecule has 126 valence electrons. The predicted molar refractivity (Wildman–Crippen MR) is 90.0 cm³/mol. The highest BCUT2D eigenvalue weighted by Crippen LogP contribution is 2.26. The maximum atomic E-state index is 12.7. The predicted octanol–water partition coefficient (Wildman–Crippen LogP) is 2.11. The van der Waals surface area contributed by atoms with Crippen LogP contribution in [-0.2, 0) is 4.74 Å². The number of ether oxygens (including phenoxy) is 1. The monoisotopic (exact) mass is 345 g/mol. The van der Waals surface area contributed by atoms with Crippen LogP contribution in [0.1, 0.15) is 41.6 Å². The first-order valence-electron chi connectivity index (χ1n) is 8.17. The molecule has 2 fully saturated rings. The fraction of sp³-hybridized carbons (Fsp3) is 0.500. The average Bonchev–Trinajstić information content (AvgIpc) is 3.12. The van der Waals surface area contributed by atoms with Crippen LogP contribution in [0.15, 0.2) is 23.2 Å². The lowest BCUT2D eigenvalue weighted by Gasteiger charge is -2.34. The van der Waals surface area contributed by atoms with Gasteiger partial charge in [-0.25, -0.2) is 15.0 Å². The summed E-state index contributed by atoms with van der Waals surface area (Å²) in [6.45, 7) is 1.44. The number of hydrogen-bond donors (Lipinski definition) is 1. The van der Waals surface area contributed by atoms with E-state index in [0.717, 1.165) is 5.82 Å². The van der Waals surface area contributed by atoms with Crippen molar-refractivity contribution in [3.63, 3.8) is 0 Å². The second-order valence-electron chi connectivity index (χ2n) is 6.04. The number of anilines is 1. The Hall–Kier alpha value is -2.06. The fourth-order valence-corrected chi connectivity index (χ4v) is 3.43. The Kier molecular flexibility index (Phi) is 4.40. The largest absolute Gasteiger partial charge is 0.377 e. The zero-order chi connectivity index (χ0) is 16.4. The minimum Gasteiger partial charge on any atom is -0.377 e. The van der Waals surface area contributed by atoms with E-state index in [1.54, 1.807) is 22.0 Å². The minimum atomic E-state index is -0.281. The Balaban J connectivity index is 1.56. The molecule has 1 saturated carbocycles. The molecule has 4 rings (SSSR count). The summed E-state index contributed by atoms with van der Waals surface area (Å²) in [7, 11) is 0. The third kappa shape index (κ3) is 3.11. The van der Waals surface area contributed by atoms with E-state index in [1.807, 2.05) is 6.07 Å². The first-order chi connectivity index (χ1) is 11.8. The van der Waals surface area contributed by atoms with Crippen molar-refractivity contribution in [2.24, 2.45) is 0 Å². The van der Waals surface area contributed by atoms with Gasteiger partial charge in [0.2, 0.25) is 0 Å². The summed E-state index contributed by atoms with van der Waals surface area (Å²) in [5.41, 5.74) is 2.14. The molecule has 24 heavy (non-hydrogen) atoms. The lowest BCUT2D eigenvalue weighted by molar-refractivity contribution is -0.00545. The summed E-state index contributed by atoms with van der Waals surface area (Å²) < 4.78 is 5.58. The van der Waals surface area contributed by atoms with Gasteiger partial charge in [0.05, 0.1) is 18.7 Å². The molecule has 2 aliphatic rings. The van der Waals surface area contributed by atoms with Gasteiger partial charge in [-0.15, -0.1) is 11.3 Å². The average molecular weight is 345 g/mol. The van der Waals surface area contributed by atoms with Crippen molar-refractivity contribution in [2.75, 3.05) is 25.1 Å². The number of amides is 1. The van der Waals surface area contributed by atoms with Crippen LogP contribution in [0.5, 0.6) is 0 Å². The molecule has 1 unspecified atom stereocenters. The molecule has 1 aliphatic heterocycles. The molecule has 3 heterocycles. The Bertz CT molecular complexity index is 704. The van der Waals surface area contributed by atoms with E-state index in [2.05, 4.69) is 20.3 Å². The number of aromatic nitrogens is 3. The standard InChI is InChI=1S/C16H19N5O2S/c22-16(12-9-24-10-18-12)21-6-7-23-8-13(21)15-17-5-4-14(20-15)19-11-2-1-3-11/h4-5,9-11,13H,1-3,6-8H2,(H,17,19,20). The molecular weight excluding hydrogens is 326 g/mol. The molecule has 1 saturated heterocycles. The van der Waals surface area contributed by atoms with Gasteiger partial charge in [-0.3, -0.25) is 4.79 Å². The Labute approximate surface area is 144 Å².